The minimum Gasteiger partial charge on any atom is -0.452 e. The fourth-order valence-corrected chi connectivity index (χ4v) is 8.28. The van der Waals surface area contributed by atoms with Crippen LogP contribution < -0.4 is 9.80 Å². The summed E-state index contributed by atoms with van der Waals surface area (Å²) in [4.78, 5) is 4.33. The Balaban J connectivity index is 1.03. The summed E-state index contributed by atoms with van der Waals surface area (Å²) in [5.41, 5.74) is 9.96. The normalized spacial score (nSPS) is 11.4. The van der Waals surface area contributed by atoms with E-state index in [2.05, 4.69) is 119 Å². The van der Waals surface area contributed by atoms with Crippen LogP contribution >= 0.6 is 0 Å². The first-order valence-electron chi connectivity index (χ1n) is 19.0. The topological polar surface area (TPSA) is 80.3 Å². The van der Waals surface area contributed by atoms with Gasteiger partial charge in [-0.25, -0.2) is 0 Å². The van der Waals surface area contributed by atoms with Crippen molar-refractivity contribution in [1.82, 2.24) is 0 Å². The third-order valence-electron chi connectivity index (χ3n) is 11.0. The van der Waals surface area contributed by atoms with Gasteiger partial charge in [-0.3, -0.25) is 0 Å². The molecule has 0 saturated heterocycles. The molecular formula is C52H30N4O2. The minimum absolute atomic E-state index is 0.603. The zero-order valence-electron chi connectivity index (χ0n) is 30.9. The molecule has 11 aromatic rings. The maximum Gasteiger partial charge on any atom is 0.178 e. The molecule has 0 bridgehead atoms. The molecule has 0 aliphatic heterocycles. The molecule has 11 rings (SSSR count). The van der Waals surface area contributed by atoms with Gasteiger partial charge in [0.2, 0.25) is 0 Å². The Morgan fingerprint density at radius 2 is 0.741 bits per heavy atom. The standard InChI is InChI=1S/C52H30N4O2/c53-31-33-9-7-15-41(23-33)55(39-11-3-1-4-12-39)43-19-17-35-27-47-45-21-22-46-48-28-36-18-20-44(56(40-13-5-2-6-14-40)42-16-8-10-34(24-42)32-54)26-38(36)30-50(48)58-52(46)51(45)57-49(47)29-37(35)25-43/h1-30H. The number of nitriles is 2. The van der Waals surface area contributed by atoms with Crippen LogP contribution in [0.25, 0.3) is 65.4 Å². The monoisotopic (exact) mass is 742 g/mol. The first-order chi connectivity index (χ1) is 28.6. The van der Waals surface area contributed by atoms with Crippen molar-refractivity contribution in [2.24, 2.45) is 0 Å². The van der Waals surface area contributed by atoms with Crippen LogP contribution in [0.15, 0.2) is 191 Å². The second kappa shape index (κ2) is 13.2. The molecule has 0 aliphatic rings. The molecule has 9 aromatic carbocycles. The summed E-state index contributed by atoms with van der Waals surface area (Å²) in [7, 11) is 0. The van der Waals surface area contributed by atoms with Crippen molar-refractivity contribution in [2.75, 3.05) is 9.80 Å². The highest BCUT2D eigenvalue weighted by atomic mass is 16.4. The molecule has 0 N–H and O–H groups in total. The minimum atomic E-state index is 0.603. The zero-order chi connectivity index (χ0) is 38.7. The van der Waals surface area contributed by atoms with Crippen LogP contribution in [0.2, 0.25) is 0 Å². The number of anilines is 6. The van der Waals surface area contributed by atoms with Gasteiger partial charge in [-0.2, -0.15) is 10.5 Å². The van der Waals surface area contributed by atoms with Crippen molar-refractivity contribution in [3.05, 3.63) is 193 Å². The predicted octanol–water partition coefficient (Wildman–Crippen LogP) is 14.5. The quantitative estimate of drug-likeness (QED) is 0.169. The fourth-order valence-electron chi connectivity index (χ4n) is 8.28. The number of benzene rings is 9. The number of para-hydroxylation sites is 2. The Hall–Kier alpha value is -8.32. The third-order valence-corrected chi connectivity index (χ3v) is 11.0. The Bertz CT molecular complexity index is 3270. The zero-order valence-corrected chi connectivity index (χ0v) is 30.9. The molecule has 0 amide bonds. The molecule has 0 aliphatic carbocycles. The van der Waals surface area contributed by atoms with E-state index >= 15 is 0 Å². The van der Waals surface area contributed by atoms with Crippen LogP contribution in [0.5, 0.6) is 0 Å². The Labute approximate surface area is 332 Å². The van der Waals surface area contributed by atoms with Crippen molar-refractivity contribution in [3.63, 3.8) is 0 Å². The van der Waals surface area contributed by atoms with Gasteiger partial charge < -0.3 is 18.6 Å². The van der Waals surface area contributed by atoms with Gasteiger partial charge in [0, 0.05) is 55.7 Å². The molecule has 0 spiro atoms. The molecule has 0 unspecified atom stereocenters. The predicted molar refractivity (Wildman–Crippen MR) is 235 cm³/mol. The van der Waals surface area contributed by atoms with Crippen LogP contribution in [0.3, 0.4) is 0 Å². The van der Waals surface area contributed by atoms with Gasteiger partial charge >= 0.3 is 0 Å². The molecule has 0 radical (unpaired) electrons. The largest absolute Gasteiger partial charge is 0.452 e. The molecule has 270 valence electrons. The van der Waals surface area contributed by atoms with E-state index in [-0.39, 0.29) is 0 Å². The number of hydrogen-bond acceptors (Lipinski definition) is 6. The summed E-state index contributed by atoms with van der Waals surface area (Å²) in [6.45, 7) is 0. The van der Waals surface area contributed by atoms with E-state index in [1.807, 2.05) is 84.9 Å². The van der Waals surface area contributed by atoms with E-state index in [4.69, 9.17) is 8.83 Å². The lowest BCUT2D eigenvalue weighted by atomic mass is 10.0. The average molecular weight is 743 g/mol. The van der Waals surface area contributed by atoms with Gasteiger partial charge in [0.1, 0.15) is 11.2 Å². The van der Waals surface area contributed by atoms with E-state index in [1.165, 1.54) is 0 Å². The smallest absolute Gasteiger partial charge is 0.178 e. The molecule has 0 saturated carbocycles. The summed E-state index contributed by atoms with van der Waals surface area (Å²) in [5.74, 6) is 0. The van der Waals surface area contributed by atoms with Crippen LogP contribution in [-0.4, -0.2) is 0 Å². The fraction of sp³-hybridized carbons (Fsp3) is 0. The summed E-state index contributed by atoms with van der Waals surface area (Å²) < 4.78 is 13.4. The maximum atomic E-state index is 9.66. The van der Waals surface area contributed by atoms with Crippen molar-refractivity contribution in [1.29, 1.82) is 10.5 Å². The van der Waals surface area contributed by atoms with Gasteiger partial charge in [-0.05, 0) is 143 Å². The van der Waals surface area contributed by atoms with Crippen molar-refractivity contribution < 1.29 is 8.83 Å². The van der Waals surface area contributed by atoms with Gasteiger partial charge in [0.15, 0.2) is 11.2 Å². The molecule has 6 heteroatoms. The lowest BCUT2D eigenvalue weighted by Crippen LogP contribution is -2.09. The first-order valence-corrected chi connectivity index (χ1v) is 19.0. The van der Waals surface area contributed by atoms with E-state index in [0.717, 1.165) is 99.5 Å². The maximum absolute atomic E-state index is 9.66. The number of fused-ring (bicyclic) bond motifs is 9. The van der Waals surface area contributed by atoms with Crippen LogP contribution in [0, 0.1) is 22.7 Å². The van der Waals surface area contributed by atoms with Crippen LogP contribution in [-0.2, 0) is 0 Å². The number of furan rings is 2. The van der Waals surface area contributed by atoms with Crippen molar-refractivity contribution in [2.45, 2.75) is 0 Å². The van der Waals surface area contributed by atoms with Gasteiger partial charge in [0.25, 0.3) is 0 Å². The van der Waals surface area contributed by atoms with Gasteiger partial charge in [0.05, 0.1) is 23.3 Å². The summed E-state index contributed by atoms with van der Waals surface area (Å²) in [6.07, 6.45) is 0. The second-order valence-corrected chi connectivity index (χ2v) is 14.4. The molecular weight excluding hydrogens is 713 g/mol. The van der Waals surface area contributed by atoms with Crippen LogP contribution in [0.1, 0.15) is 11.1 Å². The average Bonchev–Trinajstić information content (AvgIpc) is 3.83. The highest BCUT2D eigenvalue weighted by Gasteiger charge is 2.20. The lowest BCUT2D eigenvalue weighted by molar-refractivity contribution is 0.634. The number of nitrogens with zero attached hydrogens (tertiary/aromatic N) is 4. The van der Waals surface area contributed by atoms with Crippen molar-refractivity contribution >= 4 is 99.5 Å². The van der Waals surface area contributed by atoms with E-state index in [0.29, 0.717) is 11.1 Å². The molecule has 2 aromatic heterocycles. The molecule has 58 heavy (non-hydrogen) atoms. The third kappa shape index (κ3) is 5.40. The van der Waals surface area contributed by atoms with Gasteiger partial charge in [-0.15, -0.1) is 0 Å². The molecule has 0 fully saturated rings. The molecule has 6 nitrogen and oxygen atoms in total. The van der Waals surface area contributed by atoms with Gasteiger partial charge in [-0.1, -0.05) is 60.7 Å². The lowest BCUT2D eigenvalue weighted by Gasteiger charge is -2.26. The first kappa shape index (κ1) is 33.1. The van der Waals surface area contributed by atoms with Crippen molar-refractivity contribution in [3.8, 4) is 12.1 Å². The number of hydrogen-bond donors (Lipinski definition) is 0. The van der Waals surface area contributed by atoms with E-state index in [9.17, 15) is 10.5 Å². The summed E-state index contributed by atoms with van der Waals surface area (Å²) >= 11 is 0. The Morgan fingerprint density at radius 3 is 1.17 bits per heavy atom. The Morgan fingerprint density at radius 1 is 0.328 bits per heavy atom. The summed E-state index contributed by atoms with van der Waals surface area (Å²) in [6, 6.07) is 66.0. The molecule has 0 atom stereocenters. The second-order valence-electron chi connectivity index (χ2n) is 14.4. The summed E-state index contributed by atoms with van der Waals surface area (Å²) in [5, 5.41) is 27.6. The highest BCUT2D eigenvalue weighted by molar-refractivity contribution is 6.21. The van der Waals surface area contributed by atoms with Crippen LogP contribution in [0.4, 0.5) is 34.1 Å². The Kier molecular flexibility index (Phi) is 7.50. The van der Waals surface area contributed by atoms with E-state index < -0.39 is 0 Å². The number of rotatable bonds is 6. The van der Waals surface area contributed by atoms with E-state index in [1.54, 1.807) is 0 Å². The SMILES string of the molecule is N#Cc1cccc(N(c2ccccc2)c2ccc3cc4c(cc3c2)oc2c4ccc3c4cc5ccc(N(c6ccccc6)c6cccc(C#N)c6)cc5cc4oc32)c1. The molecule has 2 heterocycles. The highest BCUT2D eigenvalue weighted by Crippen LogP contribution is 2.43.